The second-order valence-electron chi connectivity index (χ2n) is 4.79. The Morgan fingerprint density at radius 1 is 1.26 bits per heavy atom. The molecule has 1 aliphatic rings. The molecule has 0 spiro atoms. The molecule has 0 unspecified atom stereocenters. The van der Waals surface area contributed by atoms with Crippen molar-refractivity contribution in [3.05, 3.63) is 23.5 Å². The first kappa shape index (κ1) is 14.2. The fourth-order valence-corrected chi connectivity index (χ4v) is 3.47. The van der Waals surface area contributed by atoms with Gasteiger partial charge in [-0.3, -0.25) is 0 Å². The number of piperidine rings is 1. The van der Waals surface area contributed by atoms with E-state index in [-0.39, 0.29) is 11.3 Å². The number of nitrogens with two attached hydrogens (primary N) is 1. The third-order valence-corrected chi connectivity index (χ3v) is 4.51. The van der Waals surface area contributed by atoms with Gasteiger partial charge in [-0.25, -0.2) is 17.8 Å². The molecule has 0 radical (unpaired) electrons. The van der Waals surface area contributed by atoms with E-state index in [9.17, 15) is 12.8 Å². The van der Waals surface area contributed by atoms with Crippen LogP contribution in [-0.4, -0.2) is 26.5 Å². The molecule has 19 heavy (non-hydrogen) atoms. The predicted molar refractivity (Wildman–Crippen MR) is 71.3 cm³/mol. The third-order valence-electron chi connectivity index (χ3n) is 3.14. The highest BCUT2D eigenvalue weighted by Crippen LogP contribution is 2.22. The Balaban J connectivity index is 2.28. The van der Waals surface area contributed by atoms with Crippen molar-refractivity contribution >= 4 is 15.7 Å². The van der Waals surface area contributed by atoms with Gasteiger partial charge in [-0.2, -0.15) is 0 Å². The summed E-state index contributed by atoms with van der Waals surface area (Å²) >= 11 is 0. The molecule has 0 atom stereocenters. The van der Waals surface area contributed by atoms with Crippen LogP contribution in [0.4, 0.5) is 10.1 Å². The molecule has 1 aliphatic heterocycles. The molecule has 1 heterocycles. The molecule has 0 amide bonds. The van der Waals surface area contributed by atoms with Crippen molar-refractivity contribution in [1.82, 2.24) is 9.84 Å². The molecule has 106 valence electrons. The smallest absolute Gasteiger partial charge is 0.256 e. The molecule has 0 saturated carbocycles. The van der Waals surface area contributed by atoms with Gasteiger partial charge in [-0.05, 0) is 37.5 Å². The van der Waals surface area contributed by atoms with Gasteiger partial charge in [-0.15, -0.1) is 4.83 Å². The van der Waals surface area contributed by atoms with Gasteiger partial charge in [0.15, 0.2) is 0 Å². The minimum Gasteiger partial charge on any atom is -0.399 e. The molecule has 1 fully saturated rings. The van der Waals surface area contributed by atoms with Gasteiger partial charge in [0.2, 0.25) is 0 Å². The monoisotopic (exact) mass is 287 g/mol. The minimum absolute atomic E-state index is 0.221. The number of benzene rings is 1. The molecule has 0 bridgehead atoms. The second-order valence-corrected chi connectivity index (χ2v) is 6.42. The van der Waals surface area contributed by atoms with Crippen LogP contribution >= 0.6 is 0 Å². The summed E-state index contributed by atoms with van der Waals surface area (Å²) < 4.78 is 38.3. The number of nitrogens with one attached hydrogen (secondary N) is 1. The third kappa shape index (κ3) is 3.23. The summed E-state index contributed by atoms with van der Waals surface area (Å²) in [6, 6.07) is 2.56. The molecule has 5 nitrogen and oxygen atoms in total. The summed E-state index contributed by atoms with van der Waals surface area (Å²) in [6.45, 7) is 2.77. The lowest BCUT2D eigenvalue weighted by atomic mass is 10.2. The Morgan fingerprint density at radius 2 is 1.89 bits per heavy atom. The normalized spacial score (nSPS) is 17.6. The summed E-state index contributed by atoms with van der Waals surface area (Å²) in [5.41, 5.74) is 6.04. The molecule has 2 rings (SSSR count). The maximum atomic E-state index is 13.9. The zero-order valence-electron chi connectivity index (χ0n) is 10.8. The van der Waals surface area contributed by atoms with E-state index < -0.39 is 20.7 Å². The first-order valence-electron chi connectivity index (χ1n) is 6.23. The molecule has 7 heteroatoms. The van der Waals surface area contributed by atoms with Crippen LogP contribution in [-0.2, 0) is 10.0 Å². The quantitative estimate of drug-likeness (QED) is 0.824. The fourth-order valence-electron chi connectivity index (χ4n) is 2.16. The summed E-state index contributed by atoms with van der Waals surface area (Å²) in [7, 11) is -3.91. The Bertz CT molecular complexity index is 569. The number of nitrogen functional groups attached to an aromatic ring is 1. The van der Waals surface area contributed by atoms with Crippen LogP contribution < -0.4 is 10.6 Å². The number of hydrazine groups is 1. The van der Waals surface area contributed by atoms with E-state index >= 15 is 0 Å². The fraction of sp³-hybridized carbons (Fsp3) is 0.500. The second kappa shape index (κ2) is 5.44. The predicted octanol–water partition coefficient (Wildman–Crippen LogP) is 1.40. The van der Waals surface area contributed by atoms with Crippen molar-refractivity contribution < 1.29 is 12.8 Å². The van der Waals surface area contributed by atoms with Gasteiger partial charge < -0.3 is 5.73 Å². The zero-order chi connectivity index (χ0) is 14.0. The molecule has 1 aromatic carbocycles. The van der Waals surface area contributed by atoms with Crippen molar-refractivity contribution in [2.24, 2.45) is 0 Å². The number of aryl methyl sites for hydroxylation is 1. The van der Waals surface area contributed by atoms with E-state index in [0.717, 1.165) is 25.3 Å². The highest BCUT2D eigenvalue weighted by atomic mass is 32.2. The van der Waals surface area contributed by atoms with Crippen LogP contribution in [0, 0.1) is 12.7 Å². The minimum atomic E-state index is -3.91. The average Bonchev–Trinajstić information content (AvgIpc) is 2.34. The van der Waals surface area contributed by atoms with Crippen molar-refractivity contribution in [1.29, 1.82) is 0 Å². The largest absolute Gasteiger partial charge is 0.399 e. The van der Waals surface area contributed by atoms with Crippen LogP contribution in [0.25, 0.3) is 0 Å². The van der Waals surface area contributed by atoms with Crippen LogP contribution in [0.5, 0.6) is 0 Å². The van der Waals surface area contributed by atoms with E-state index in [1.165, 1.54) is 13.0 Å². The first-order valence-corrected chi connectivity index (χ1v) is 7.71. The summed E-state index contributed by atoms with van der Waals surface area (Å²) in [5.74, 6) is -0.751. The number of anilines is 1. The molecule has 0 aliphatic carbocycles. The van der Waals surface area contributed by atoms with E-state index in [4.69, 9.17) is 5.73 Å². The number of hydrogen-bond acceptors (Lipinski definition) is 4. The zero-order valence-corrected chi connectivity index (χ0v) is 11.6. The molecule has 1 saturated heterocycles. The van der Waals surface area contributed by atoms with Crippen LogP contribution in [0.2, 0.25) is 0 Å². The lowest BCUT2D eigenvalue weighted by molar-refractivity contribution is 0.199. The molecule has 0 aromatic heterocycles. The Kier molecular flexibility index (Phi) is 4.07. The van der Waals surface area contributed by atoms with E-state index in [2.05, 4.69) is 4.83 Å². The van der Waals surface area contributed by atoms with Crippen molar-refractivity contribution in [2.45, 2.75) is 31.1 Å². The SMILES string of the molecule is Cc1cc(N)cc(S(=O)(=O)NN2CCCCC2)c1F. The molecular weight excluding hydrogens is 269 g/mol. The number of nitrogens with zero attached hydrogens (tertiary/aromatic N) is 1. The summed E-state index contributed by atoms with van der Waals surface area (Å²) in [4.78, 5) is 2.02. The van der Waals surface area contributed by atoms with Crippen LogP contribution in [0.1, 0.15) is 24.8 Å². The molecule has 3 N–H and O–H groups in total. The number of halogens is 1. The highest BCUT2D eigenvalue weighted by molar-refractivity contribution is 7.89. The Labute approximate surface area is 112 Å². The lowest BCUT2D eigenvalue weighted by Crippen LogP contribution is -2.45. The Hall–Kier alpha value is -1.18. The van der Waals surface area contributed by atoms with Crippen molar-refractivity contribution in [3.8, 4) is 0 Å². The maximum absolute atomic E-state index is 13.9. The van der Waals surface area contributed by atoms with Gasteiger partial charge in [0.1, 0.15) is 10.7 Å². The van der Waals surface area contributed by atoms with Gasteiger partial charge >= 0.3 is 0 Å². The van der Waals surface area contributed by atoms with Gasteiger partial charge in [0, 0.05) is 18.8 Å². The summed E-state index contributed by atoms with van der Waals surface area (Å²) in [6.07, 6.45) is 2.95. The number of rotatable bonds is 3. The average molecular weight is 287 g/mol. The van der Waals surface area contributed by atoms with Crippen molar-refractivity contribution in [2.75, 3.05) is 18.8 Å². The van der Waals surface area contributed by atoms with Crippen molar-refractivity contribution in [3.63, 3.8) is 0 Å². The lowest BCUT2D eigenvalue weighted by Gasteiger charge is -2.26. The van der Waals surface area contributed by atoms with Gasteiger partial charge in [0.05, 0.1) is 0 Å². The van der Waals surface area contributed by atoms with Crippen LogP contribution in [0.15, 0.2) is 17.0 Å². The van der Waals surface area contributed by atoms with Crippen LogP contribution in [0.3, 0.4) is 0 Å². The highest BCUT2D eigenvalue weighted by Gasteiger charge is 2.24. The maximum Gasteiger partial charge on any atom is 0.256 e. The van der Waals surface area contributed by atoms with E-state index in [1.807, 2.05) is 0 Å². The standard InChI is InChI=1S/C12H18FN3O2S/c1-9-7-10(14)8-11(12(9)13)19(17,18)15-16-5-3-2-4-6-16/h7-8,15H,2-6,14H2,1H3. The van der Waals surface area contributed by atoms with E-state index in [0.29, 0.717) is 13.1 Å². The summed E-state index contributed by atoms with van der Waals surface area (Å²) in [5, 5.41) is 1.61. The topological polar surface area (TPSA) is 75.4 Å². The Morgan fingerprint density at radius 3 is 2.53 bits per heavy atom. The molecular formula is C12H18FN3O2S. The van der Waals surface area contributed by atoms with E-state index in [1.54, 1.807) is 5.01 Å². The molecule has 1 aromatic rings. The van der Waals surface area contributed by atoms with Gasteiger partial charge in [0.25, 0.3) is 10.0 Å². The number of sulfonamides is 1. The number of hydrogen-bond donors (Lipinski definition) is 2. The van der Waals surface area contributed by atoms with Gasteiger partial charge in [-0.1, -0.05) is 6.42 Å². The first-order chi connectivity index (χ1) is 8.90.